The Morgan fingerprint density at radius 2 is 1.69 bits per heavy atom. The molecule has 0 heterocycles. The molecular weight excluding hydrogens is 324 g/mol. The fourth-order valence-electron chi connectivity index (χ4n) is 3.39. The number of para-hydroxylation sites is 1. The number of benzene rings is 2. The van der Waals surface area contributed by atoms with E-state index in [1.165, 1.54) is 5.56 Å². The van der Waals surface area contributed by atoms with Gasteiger partial charge >= 0.3 is 0 Å². The Labute approximate surface area is 156 Å². The molecule has 1 amide bonds. The highest BCUT2D eigenvalue weighted by Crippen LogP contribution is 2.25. The van der Waals surface area contributed by atoms with E-state index in [1.807, 2.05) is 38.1 Å². The van der Waals surface area contributed by atoms with Gasteiger partial charge < -0.3 is 10.2 Å². The van der Waals surface area contributed by atoms with Crippen LogP contribution in [0.1, 0.15) is 45.1 Å². The third-order valence-corrected chi connectivity index (χ3v) is 4.80. The van der Waals surface area contributed by atoms with Gasteiger partial charge in [-0.15, -0.1) is 0 Å². The predicted octanol–water partition coefficient (Wildman–Crippen LogP) is 4.06. The Kier molecular flexibility index (Phi) is 6.19. The van der Waals surface area contributed by atoms with Gasteiger partial charge in [-0.3, -0.25) is 9.59 Å². The third-order valence-electron chi connectivity index (χ3n) is 4.80. The Morgan fingerprint density at radius 1 is 1.04 bits per heavy atom. The molecule has 0 spiro atoms. The smallest absolute Gasteiger partial charge is 0.226 e. The van der Waals surface area contributed by atoms with E-state index < -0.39 is 0 Å². The highest BCUT2D eigenvalue weighted by molar-refractivity contribution is 5.97. The molecule has 0 bridgehead atoms. The van der Waals surface area contributed by atoms with E-state index in [1.54, 1.807) is 25.9 Å². The summed E-state index contributed by atoms with van der Waals surface area (Å²) in [4.78, 5) is 25.7. The number of aryl methyl sites for hydroxylation is 2. The van der Waals surface area contributed by atoms with E-state index >= 15 is 0 Å². The number of nitrogens with one attached hydrogen (secondary N) is 1. The number of hydrogen-bond acceptors (Lipinski definition) is 3. The maximum atomic E-state index is 12.1. The maximum Gasteiger partial charge on any atom is 0.226 e. The standard InChI is InChI=1S/C22H28N2O2/c1-14-11-15(2)22(17(4)25)16(3)19(14)13-23-20-10-8-7-9-18(20)12-21(26)24(5)6/h7-11,23H,12-13H2,1-6H3. The molecule has 0 saturated carbocycles. The molecule has 2 aromatic carbocycles. The first kappa shape index (κ1) is 19.7. The summed E-state index contributed by atoms with van der Waals surface area (Å²) >= 11 is 0. The van der Waals surface area contributed by atoms with Crippen LogP contribution >= 0.6 is 0 Å². The first-order valence-electron chi connectivity index (χ1n) is 8.85. The van der Waals surface area contributed by atoms with Crippen molar-refractivity contribution >= 4 is 17.4 Å². The molecule has 2 rings (SSSR count). The molecule has 26 heavy (non-hydrogen) atoms. The van der Waals surface area contributed by atoms with Crippen LogP contribution in [0, 0.1) is 20.8 Å². The van der Waals surface area contributed by atoms with Crippen molar-refractivity contribution in [3.63, 3.8) is 0 Å². The lowest BCUT2D eigenvalue weighted by Gasteiger charge is -2.18. The van der Waals surface area contributed by atoms with Crippen LogP contribution in [0.3, 0.4) is 0 Å². The second-order valence-corrected chi connectivity index (χ2v) is 7.02. The van der Waals surface area contributed by atoms with Crippen LogP contribution in [0.25, 0.3) is 0 Å². The highest BCUT2D eigenvalue weighted by Gasteiger charge is 2.15. The largest absolute Gasteiger partial charge is 0.381 e. The molecule has 4 heteroatoms. The highest BCUT2D eigenvalue weighted by atomic mass is 16.2. The van der Waals surface area contributed by atoms with Gasteiger partial charge in [-0.25, -0.2) is 0 Å². The lowest BCUT2D eigenvalue weighted by molar-refractivity contribution is -0.127. The summed E-state index contributed by atoms with van der Waals surface area (Å²) in [6.07, 6.45) is 0.362. The molecular formula is C22H28N2O2. The second-order valence-electron chi connectivity index (χ2n) is 7.02. The average molecular weight is 352 g/mol. The van der Waals surface area contributed by atoms with Crippen molar-refractivity contribution in [3.8, 4) is 0 Å². The summed E-state index contributed by atoms with van der Waals surface area (Å²) < 4.78 is 0. The van der Waals surface area contributed by atoms with Gasteiger partial charge in [0.15, 0.2) is 5.78 Å². The van der Waals surface area contributed by atoms with Crippen LogP contribution in [0.5, 0.6) is 0 Å². The van der Waals surface area contributed by atoms with E-state index in [4.69, 9.17) is 0 Å². The van der Waals surface area contributed by atoms with E-state index in [0.717, 1.165) is 33.5 Å². The lowest BCUT2D eigenvalue weighted by atomic mass is 9.91. The molecule has 0 atom stereocenters. The van der Waals surface area contributed by atoms with Crippen molar-refractivity contribution in [3.05, 3.63) is 63.7 Å². The normalized spacial score (nSPS) is 10.5. The van der Waals surface area contributed by atoms with E-state index in [9.17, 15) is 9.59 Å². The van der Waals surface area contributed by atoms with E-state index in [2.05, 4.69) is 18.3 Å². The predicted molar refractivity (Wildman–Crippen MR) is 107 cm³/mol. The quantitative estimate of drug-likeness (QED) is 0.798. The van der Waals surface area contributed by atoms with Gasteiger partial charge in [0.25, 0.3) is 0 Å². The topological polar surface area (TPSA) is 49.4 Å². The number of nitrogens with zero attached hydrogens (tertiary/aromatic N) is 1. The number of rotatable bonds is 6. The molecule has 0 aliphatic rings. The zero-order valence-electron chi connectivity index (χ0n) is 16.6. The van der Waals surface area contributed by atoms with Crippen LogP contribution in [-0.2, 0) is 17.8 Å². The van der Waals surface area contributed by atoms with Gasteiger partial charge in [0.1, 0.15) is 0 Å². The van der Waals surface area contributed by atoms with Gasteiger partial charge in [0.05, 0.1) is 6.42 Å². The summed E-state index contributed by atoms with van der Waals surface area (Å²) in [6, 6.07) is 9.94. The number of hydrogen-bond donors (Lipinski definition) is 1. The third kappa shape index (κ3) is 4.31. The molecule has 0 aromatic heterocycles. The average Bonchev–Trinajstić information content (AvgIpc) is 2.55. The zero-order valence-corrected chi connectivity index (χ0v) is 16.6. The first-order valence-corrected chi connectivity index (χ1v) is 8.85. The molecule has 2 aromatic rings. The van der Waals surface area contributed by atoms with Crippen LogP contribution in [0.4, 0.5) is 5.69 Å². The van der Waals surface area contributed by atoms with Crippen molar-refractivity contribution in [1.82, 2.24) is 4.90 Å². The molecule has 0 unspecified atom stereocenters. The number of carbonyl (C=O) groups excluding carboxylic acids is 2. The number of Topliss-reactive ketones (excluding diaryl/α,β-unsaturated/α-hetero) is 1. The minimum absolute atomic E-state index is 0.0702. The van der Waals surface area contributed by atoms with Crippen LogP contribution in [0.2, 0.25) is 0 Å². The minimum atomic E-state index is 0.0702. The van der Waals surface area contributed by atoms with Gasteiger partial charge in [-0.05, 0) is 61.6 Å². The summed E-state index contributed by atoms with van der Waals surface area (Å²) in [5.74, 6) is 0.166. The fraction of sp³-hybridized carbons (Fsp3) is 0.364. The van der Waals surface area contributed by atoms with Crippen LogP contribution in [0.15, 0.2) is 30.3 Å². The summed E-state index contributed by atoms with van der Waals surface area (Å²) in [5.41, 5.74) is 7.08. The SMILES string of the molecule is CC(=O)c1c(C)cc(C)c(CNc2ccccc2CC(=O)N(C)C)c1C. The number of likely N-dealkylation sites (N-methyl/N-ethyl adjacent to an activating group) is 1. The van der Waals surface area contributed by atoms with Crippen LogP contribution < -0.4 is 5.32 Å². The lowest BCUT2D eigenvalue weighted by Crippen LogP contribution is -2.24. The molecule has 0 saturated heterocycles. The fourth-order valence-corrected chi connectivity index (χ4v) is 3.39. The van der Waals surface area contributed by atoms with Crippen molar-refractivity contribution in [2.75, 3.05) is 19.4 Å². The Hall–Kier alpha value is -2.62. The summed E-state index contributed by atoms with van der Waals surface area (Å²) in [7, 11) is 3.53. The molecule has 138 valence electrons. The number of ketones is 1. The van der Waals surface area contributed by atoms with E-state index in [-0.39, 0.29) is 11.7 Å². The molecule has 0 aliphatic heterocycles. The van der Waals surface area contributed by atoms with Gasteiger partial charge in [0, 0.05) is 31.9 Å². The second kappa shape index (κ2) is 8.17. The van der Waals surface area contributed by atoms with Gasteiger partial charge in [0.2, 0.25) is 5.91 Å². The Morgan fingerprint density at radius 3 is 2.31 bits per heavy atom. The number of carbonyl (C=O) groups is 2. The number of anilines is 1. The van der Waals surface area contributed by atoms with Crippen molar-refractivity contribution in [1.29, 1.82) is 0 Å². The van der Waals surface area contributed by atoms with E-state index in [0.29, 0.717) is 13.0 Å². The first-order chi connectivity index (χ1) is 12.2. The minimum Gasteiger partial charge on any atom is -0.381 e. The Balaban J connectivity index is 2.29. The summed E-state index contributed by atoms with van der Waals surface area (Å²) in [5, 5.41) is 3.46. The zero-order chi connectivity index (χ0) is 19.4. The molecule has 4 nitrogen and oxygen atoms in total. The summed E-state index contributed by atoms with van der Waals surface area (Å²) in [6.45, 7) is 8.29. The molecule has 0 fully saturated rings. The maximum absolute atomic E-state index is 12.1. The molecule has 1 N–H and O–H groups in total. The monoisotopic (exact) mass is 352 g/mol. The van der Waals surface area contributed by atoms with Crippen molar-refractivity contribution in [2.45, 2.75) is 40.7 Å². The van der Waals surface area contributed by atoms with Crippen molar-refractivity contribution in [2.24, 2.45) is 0 Å². The number of amides is 1. The molecule has 0 radical (unpaired) electrons. The Bertz CT molecular complexity index is 838. The van der Waals surface area contributed by atoms with Gasteiger partial charge in [-0.2, -0.15) is 0 Å². The van der Waals surface area contributed by atoms with Crippen molar-refractivity contribution < 1.29 is 9.59 Å². The van der Waals surface area contributed by atoms with Crippen LogP contribution in [-0.4, -0.2) is 30.7 Å². The van der Waals surface area contributed by atoms with Gasteiger partial charge in [-0.1, -0.05) is 24.3 Å². The molecule has 0 aliphatic carbocycles.